The summed E-state index contributed by atoms with van der Waals surface area (Å²) in [7, 11) is 2.36. The lowest BCUT2D eigenvalue weighted by molar-refractivity contribution is -0.914. The van der Waals surface area contributed by atoms with E-state index in [-0.39, 0.29) is 24.0 Å². The molecule has 0 aromatic heterocycles. The summed E-state index contributed by atoms with van der Waals surface area (Å²) in [5.41, 5.74) is 1.85. The lowest BCUT2D eigenvalue weighted by Gasteiger charge is -2.39. The second kappa shape index (κ2) is 8.84. The van der Waals surface area contributed by atoms with Gasteiger partial charge in [0.1, 0.15) is 5.41 Å². The van der Waals surface area contributed by atoms with Crippen molar-refractivity contribution in [1.82, 2.24) is 0 Å². The van der Waals surface area contributed by atoms with Gasteiger partial charge in [-0.1, -0.05) is 42.0 Å². The molecule has 1 saturated heterocycles. The average Bonchev–Trinajstić information content (AvgIpc) is 2.53. The zero-order chi connectivity index (χ0) is 16.1. The summed E-state index contributed by atoms with van der Waals surface area (Å²) >= 11 is 0. The lowest BCUT2D eigenvalue weighted by Crippen LogP contribution is -3.00. The van der Waals surface area contributed by atoms with Gasteiger partial charge >= 0.3 is 0 Å². The van der Waals surface area contributed by atoms with E-state index in [0.717, 1.165) is 23.0 Å². The SMILES string of the molecule is CC(C)=CC(C#N)(CC[N+]1(C)CCCCC1)c1ccccc1.[I-]. The van der Waals surface area contributed by atoms with E-state index in [1.165, 1.54) is 37.9 Å². The Morgan fingerprint density at radius 1 is 1.17 bits per heavy atom. The molecule has 0 amide bonds. The minimum atomic E-state index is -0.487. The van der Waals surface area contributed by atoms with Crippen LogP contribution in [0.15, 0.2) is 42.0 Å². The number of rotatable bonds is 5. The molecule has 0 aliphatic carbocycles. The molecule has 1 aromatic carbocycles. The molecule has 23 heavy (non-hydrogen) atoms. The first-order valence-corrected chi connectivity index (χ1v) is 8.46. The fourth-order valence-electron chi connectivity index (χ4n) is 3.63. The van der Waals surface area contributed by atoms with Crippen molar-refractivity contribution in [1.29, 1.82) is 5.26 Å². The third kappa shape index (κ3) is 5.32. The highest BCUT2D eigenvalue weighted by Gasteiger charge is 2.34. The summed E-state index contributed by atoms with van der Waals surface area (Å²) in [4.78, 5) is 0. The number of nitriles is 1. The van der Waals surface area contributed by atoms with Gasteiger partial charge in [-0.15, -0.1) is 0 Å². The topological polar surface area (TPSA) is 23.8 Å². The Morgan fingerprint density at radius 3 is 2.30 bits per heavy atom. The minimum absolute atomic E-state index is 0. The van der Waals surface area contributed by atoms with Crippen LogP contribution in [0.4, 0.5) is 0 Å². The van der Waals surface area contributed by atoms with E-state index in [1.807, 2.05) is 18.2 Å². The van der Waals surface area contributed by atoms with Crippen LogP contribution < -0.4 is 24.0 Å². The number of piperidine rings is 1. The molecule has 1 aliphatic rings. The van der Waals surface area contributed by atoms with Crippen molar-refractivity contribution in [2.75, 3.05) is 26.7 Å². The number of hydrogen-bond donors (Lipinski definition) is 0. The molecule has 0 radical (unpaired) electrons. The van der Waals surface area contributed by atoms with Crippen molar-refractivity contribution in [2.45, 2.75) is 44.9 Å². The average molecular weight is 424 g/mol. The lowest BCUT2D eigenvalue weighted by atomic mass is 9.77. The first-order valence-electron chi connectivity index (χ1n) is 8.46. The number of hydrogen-bond acceptors (Lipinski definition) is 1. The molecule has 0 saturated carbocycles. The van der Waals surface area contributed by atoms with Crippen LogP contribution in [0.3, 0.4) is 0 Å². The Morgan fingerprint density at radius 2 is 1.78 bits per heavy atom. The van der Waals surface area contributed by atoms with Gasteiger partial charge in [-0.25, -0.2) is 0 Å². The molecule has 3 heteroatoms. The standard InChI is InChI=1S/C20H29N2.HI/c1-18(2)16-20(17-21,19-10-6-4-7-11-19)12-15-22(3)13-8-5-9-14-22;/h4,6-7,10-11,16H,5,8-9,12-15H2,1-3H3;1H/q+1;/p-1. The van der Waals surface area contributed by atoms with Crippen molar-refractivity contribution in [3.63, 3.8) is 0 Å². The van der Waals surface area contributed by atoms with E-state index < -0.39 is 5.41 Å². The molecule has 1 aliphatic heterocycles. The number of nitrogens with zero attached hydrogens (tertiary/aromatic N) is 2. The minimum Gasteiger partial charge on any atom is -1.00 e. The molecule has 1 unspecified atom stereocenters. The smallest absolute Gasteiger partial charge is 0.106 e. The van der Waals surface area contributed by atoms with E-state index >= 15 is 0 Å². The van der Waals surface area contributed by atoms with Crippen LogP contribution in [0.25, 0.3) is 0 Å². The van der Waals surface area contributed by atoms with Gasteiger partial charge in [-0.05, 0) is 38.7 Å². The zero-order valence-electron chi connectivity index (χ0n) is 14.7. The summed E-state index contributed by atoms with van der Waals surface area (Å²) in [5, 5.41) is 9.99. The van der Waals surface area contributed by atoms with Crippen LogP contribution in [0.5, 0.6) is 0 Å². The molecule has 2 nitrogen and oxygen atoms in total. The van der Waals surface area contributed by atoms with Gasteiger partial charge in [0.05, 0.1) is 32.8 Å². The van der Waals surface area contributed by atoms with Crippen LogP contribution in [-0.2, 0) is 5.41 Å². The first kappa shape index (κ1) is 20.2. The number of halogens is 1. The molecule has 1 aromatic rings. The molecule has 0 spiro atoms. The molecule has 1 atom stereocenters. The Balaban J connectivity index is 0.00000264. The molecule has 0 N–H and O–H groups in total. The second-order valence-electron chi connectivity index (χ2n) is 7.27. The second-order valence-corrected chi connectivity index (χ2v) is 7.27. The number of quaternary nitrogens is 1. The normalized spacial score (nSPS) is 18.9. The van der Waals surface area contributed by atoms with Crippen molar-refractivity contribution >= 4 is 0 Å². The Kier molecular flexibility index (Phi) is 7.76. The number of benzene rings is 1. The van der Waals surface area contributed by atoms with E-state index in [1.54, 1.807) is 0 Å². The quantitative estimate of drug-likeness (QED) is 0.399. The molecule has 2 rings (SSSR count). The predicted octanol–water partition coefficient (Wildman–Crippen LogP) is 1.44. The van der Waals surface area contributed by atoms with Crippen molar-refractivity contribution in [2.24, 2.45) is 0 Å². The van der Waals surface area contributed by atoms with Crippen LogP contribution in [0.1, 0.15) is 45.1 Å². The van der Waals surface area contributed by atoms with Gasteiger partial charge in [-0.3, -0.25) is 0 Å². The monoisotopic (exact) mass is 424 g/mol. The van der Waals surface area contributed by atoms with Gasteiger partial charge in [0, 0.05) is 6.42 Å². The number of allylic oxidation sites excluding steroid dienone is 2. The predicted molar refractivity (Wildman–Crippen MR) is 92.4 cm³/mol. The highest BCUT2D eigenvalue weighted by Crippen LogP contribution is 2.32. The maximum atomic E-state index is 9.99. The number of likely N-dealkylation sites (tertiary alicyclic amines) is 1. The summed E-state index contributed by atoms with van der Waals surface area (Å²) < 4.78 is 1.12. The summed E-state index contributed by atoms with van der Waals surface area (Å²) in [6.45, 7) is 7.76. The van der Waals surface area contributed by atoms with Gasteiger partial charge in [0.15, 0.2) is 0 Å². The van der Waals surface area contributed by atoms with Crippen LogP contribution in [-0.4, -0.2) is 31.2 Å². The van der Waals surface area contributed by atoms with Crippen molar-refractivity contribution < 1.29 is 28.5 Å². The molecule has 1 fully saturated rings. The van der Waals surface area contributed by atoms with E-state index in [9.17, 15) is 5.26 Å². The maximum absolute atomic E-state index is 9.99. The molecule has 0 bridgehead atoms. The molecular formula is C20H29IN2. The fourth-order valence-corrected chi connectivity index (χ4v) is 3.63. The first-order chi connectivity index (χ1) is 10.5. The molecular weight excluding hydrogens is 395 g/mol. The Bertz CT molecular complexity index is 549. The summed E-state index contributed by atoms with van der Waals surface area (Å²) in [6.07, 6.45) is 7.07. The fraction of sp³-hybridized carbons (Fsp3) is 0.550. The van der Waals surface area contributed by atoms with Crippen molar-refractivity contribution in [3.8, 4) is 6.07 Å². The zero-order valence-corrected chi connectivity index (χ0v) is 16.8. The van der Waals surface area contributed by atoms with Crippen LogP contribution in [0.2, 0.25) is 0 Å². The molecule has 1 heterocycles. The summed E-state index contributed by atoms with van der Waals surface area (Å²) in [5.74, 6) is 0. The Hall–Kier alpha value is -0.860. The highest BCUT2D eigenvalue weighted by molar-refractivity contribution is 5.39. The van der Waals surface area contributed by atoms with E-state index in [2.05, 4.69) is 45.2 Å². The van der Waals surface area contributed by atoms with Crippen LogP contribution in [0, 0.1) is 11.3 Å². The molecule has 126 valence electrons. The van der Waals surface area contributed by atoms with Crippen LogP contribution >= 0.6 is 0 Å². The van der Waals surface area contributed by atoms with E-state index in [4.69, 9.17) is 0 Å². The van der Waals surface area contributed by atoms with Crippen molar-refractivity contribution in [3.05, 3.63) is 47.5 Å². The van der Waals surface area contributed by atoms with E-state index in [0.29, 0.717) is 0 Å². The van der Waals surface area contributed by atoms with Gasteiger partial charge < -0.3 is 28.5 Å². The van der Waals surface area contributed by atoms with Gasteiger partial charge in [0.25, 0.3) is 0 Å². The van der Waals surface area contributed by atoms with Gasteiger partial charge in [-0.2, -0.15) is 5.26 Å². The third-order valence-corrected chi connectivity index (χ3v) is 4.97. The third-order valence-electron chi connectivity index (χ3n) is 4.97. The largest absolute Gasteiger partial charge is 1.00 e. The highest BCUT2D eigenvalue weighted by atomic mass is 127. The summed E-state index contributed by atoms with van der Waals surface area (Å²) in [6, 6.07) is 12.9. The van der Waals surface area contributed by atoms with Gasteiger partial charge in [0.2, 0.25) is 0 Å². The Labute approximate surface area is 158 Å². The maximum Gasteiger partial charge on any atom is 0.106 e.